The van der Waals surface area contributed by atoms with Gasteiger partial charge >= 0.3 is 0 Å². The second kappa shape index (κ2) is 6.07. The standard InChI is InChI=1S/C20H20O6/c1-22-17-6-11(2-4-15(17)21)19-13-8-24-20(14(13)9-23-19)12-3-5-16-18(7-12)26-10-25-16/h2-7,13-14,19-21H,8-10H2,1H3/t13-,14-,19+,20-/m1/s1. The third-order valence-electron chi connectivity index (χ3n) is 5.52. The van der Waals surface area contributed by atoms with Crippen LogP contribution in [0.4, 0.5) is 0 Å². The summed E-state index contributed by atoms with van der Waals surface area (Å²) < 4.78 is 28.4. The zero-order valence-electron chi connectivity index (χ0n) is 14.4. The first kappa shape index (κ1) is 15.8. The highest BCUT2D eigenvalue weighted by molar-refractivity contribution is 5.46. The molecule has 3 aliphatic heterocycles. The van der Waals surface area contributed by atoms with E-state index in [9.17, 15) is 5.11 Å². The van der Waals surface area contributed by atoms with E-state index < -0.39 is 0 Å². The van der Waals surface area contributed by atoms with E-state index in [1.165, 1.54) is 0 Å². The Morgan fingerprint density at radius 1 is 0.885 bits per heavy atom. The lowest BCUT2D eigenvalue weighted by molar-refractivity contribution is 0.0191. The van der Waals surface area contributed by atoms with Gasteiger partial charge in [0, 0.05) is 11.8 Å². The van der Waals surface area contributed by atoms with Gasteiger partial charge < -0.3 is 28.8 Å². The number of phenols is 1. The van der Waals surface area contributed by atoms with E-state index in [4.69, 9.17) is 23.7 Å². The molecule has 6 nitrogen and oxygen atoms in total. The minimum Gasteiger partial charge on any atom is -0.504 e. The molecule has 0 spiro atoms. The Labute approximate surface area is 151 Å². The van der Waals surface area contributed by atoms with Crippen LogP contribution in [-0.2, 0) is 9.47 Å². The molecule has 6 heteroatoms. The molecule has 0 amide bonds. The van der Waals surface area contributed by atoms with Crippen molar-refractivity contribution in [2.75, 3.05) is 27.1 Å². The molecule has 0 bridgehead atoms. The molecule has 0 saturated carbocycles. The van der Waals surface area contributed by atoms with Crippen LogP contribution in [-0.4, -0.2) is 32.2 Å². The van der Waals surface area contributed by atoms with Gasteiger partial charge in [-0.05, 0) is 35.4 Å². The van der Waals surface area contributed by atoms with Crippen LogP contribution in [0.3, 0.4) is 0 Å². The normalized spacial score (nSPS) is 29.0. The first-order valence-corrected chi connectivity index (χ1v) is 8.74. The Kier molecular flexibility index (Phi) is 3.69. The Hall–Kier alpha value is -2.44. The average molecular weight is 356 g/mol. The van der Waals surface area contributed by atoms with Crippen LogP contribution in [0.15, 0.2) is 36.4 Å². The number of ether oxygens (including phenoxy) is 5. The molecule has 4 atom stereocenters. The van der Waals surface area contributed by atoms with E-state index >= 15 is 0 Å². The quantitative estimate of drug-likeness (QED) is 0.911. The van der Waals surface area contributed by atoms with Crippen LogP contribution in [0.1, 0.15) is 23.3 Å². The highest BCUT2D eigenvalue weighted by atomic mass is 16.7. The van der Waals surface area contributed by atoms with Crippen LogP contribution >= 0.6 is 0 Å². The molecule has 2 aromatic rings. The number of hydrogen-bond acceptors (Lipinski definition) is 6. The summed E-state index contributed by atoms with van der Waals surface area (Å²) in [5.74, 6) is 2.68. The van der Waals surface area contributed by atoms with Gasteiger partial charge in [-0.3, -0.25) is 0 Å². The number of aromatic hydroxyl groups is 1. The molecule has 2 aromatic carbocycles. The topological polar surface area (TPSA) is 66.4 Å². The van der Waals surface area contributed by atoms with Gasteiger partial charge in [-0.2, -0.15) is 0 Å². The summed E-state index contributed by atoms with van der Waals surface area (Å²) in [5.41, 5.74) is 2.09. The van der Waals surface area contributed by atoms with Crippen molar-refractivity contribution >= 4 is 0 Å². The van der Waals surface area contributed by atoms with Crippen molar-refractivity contribution in [1.82, 2.24) is 0 Å². The average Bonchev–Trinajstić information content (AvgIpc) is 3.37. The van der Waals surface area contributed by atoms with Crippen molar-refractivity contribution in [2.24, 2.45) is 11.8 Å². The molecule has 3 aliphatic rings. The predicted octanol–water partition coefficient (Wildman–Crippen LogP) is 3.20. The molecule has 26 heavy (non-hydrogen) atoms. The SMILES string of the molecule is COc1cc([C@@H]2OC[C@@H]3[C@H]2CO[C@@H]3c2ccc3c(c2)OCO3)ccc1O. The Balaban J connectivity index is 1.40. The molecule has 0 radical (unpaired) electrons. The van der Waals surface area contributed by atoms with E-state index in [0.717, 1.165) is 22.6 Å². The zero-order valence-corrected chi connectivity index (χ0v) is 14.4. The van der Waals surface area contributed by atoms with Crippen LogP contribution in [0.5, 0.6) is 23.0 Å². The van der Waals surface area contributed by atoms with E-state index in [-0.39, 0.29) is 36.6 Å². The zero-order chi connectivity index (χ0) is 17.7. The highest BCUT2D eigenvalue weighted by Gasteiger charge is 2.48. The monoisotopic (exact) mass is 356 g/mol. The second-order valence-electron chi connectivity index (χ2n) is 6.88. The molecule has 0 aliphatic carbocycles. The maximum atomic E-state index is 9.82. The van der Waals surface area contributed by atoms with Crippen molar-refractivity contribution in [3.8, 4) is 23.0 Å². The molecule has 3 heterocycles. The predicted molar refractivity (Wildman–Crippen MR) is 91.6 cm³/mol. The van der Waals surface area contributed by atoms with Crippen LogP contribution in [0, 0.1) is 11.8 Å². The molecule has 0 unspecified atom stereocenters. The number of benzene rings is 2. The van der Waals surface area contributed by atoms with Gasteiger partial charge in [0.1, 0.15) is 0 Å². The minimum absolute atomic E-state index is 0.0153. The van der Waals surface area contributed by atoms with Gasteiger partial charge in [0.15, 0.2) is 23.0 Å². The van der Waals surface area contributed by atoms with Crippen LogP contribution in [0.2, 0.25) is 0 Å². The van der Waals surface area contributed by atoms with Crippen LogP contribution in [0.25, 0.3) is 0 Å². The third-order valence-corrected chi connectivity index (χ3v) is 5.52. The molecular formula is C20H20O6. The van der Waals surface area contributed by atoms with E-state index in [0.29, 0.717) is 19.0 Å². The summed E-state index contributed by atoms with van der Waals surface area (Å²) in [6.07, 6.45) is -0.0768. The molecule has 1 N–H and O–H groups in total. The number of fused-ring (bicyclic) bond motifs is 2. The van der Waals surface area contributed by atoms with Gasteiger partial charge in [0.05, 0.1) is 32.5 Å². The lowest BCUT2D eigenvalue weighted by Gasteiger charge is -2.17. The van der Waals surface area contributed by atoms with Gasteiger partial charge in [0.2, 0.25) is 6.79 Å². The minimum atomic E-state index is -0.0616. The summed E-state index contributed by atoms with van der Waals surface area (Å²) in [6, 6.07) is 11.4. The summed E-state index contributed by atoms with van der Waals surface area (Å²) in [5, 5.41) is 9.82. The molecule has 2 fully saturated rings. The van der Waals surface area contributed by atoms with Crippen molar-refractivity contribution in [3.63, 3.8) is 0 Å². The number of phenolic OH excluding ortho intramolecular Hbond substituents is 1. The molecule has 2 saturated heterocycles. The first-order chi connectivity index (χ1) is 12.7. The fourth-order valence-electron chi connectivity index (χ4n) is 4.20. The maximum Gasteiger partial charge on any atom is 0.231 e. The Bertz CT molecular complexity index is 810. The smallest absolute Gasteiger partial charge is 0.231 e. The molecule has 136 valence electrons. The maximum absolute atomic E-state index is 9.82. The molecular weight excluding hydrogens is 336 g/mol. The van der Waals surface area contributed by atoms with Crippen LogP contribution < -0.4 is 14.2 Å². The number of hydrogen-bond donors (Lipinski definition) is 1. The fourth-order valence-corrected chi connectivity index (χ4v) is 4.20. The number of methoxy groups -OCH3 is 1. The van der Waals surface area contributed by atoms with Gasteiger partial charge in [-0.1, -0.05) is 12.1 Å². The van der Waals surface area contributed by atoms with Crippen molar-refractivity contribution in [2.45, 2.75) is 12.2 Å². The third kappa shape index (κ3) is 2.40. The largest absolute Gasteiger partial charge is 0.504 e. The number of rotatable bonds is 3. The summed E-state index contributed by atoms with van der Waals surface area (Å²) >= 11 is 0. The summed E-state index contributed by atoms with van der Waals surface area (Å²) in [7, 11) is 1.55. The van der Waals surface area contributed by atoms with E-state index in [2.05, 4.69) is 0 Å². The molecule has 0 aromatic heterocycles. The lowest BCUT2D eigenvalue weighted by Crippen LogP contribution is -2.14. The van der Waals surface area contributed by atoms with Crippen molar-refractivity contribution in [3.05, 3.63) is 47.5 Å². The summed E-state index contributed by atoms with van der Waals surface area (Å²) in [4.78, 5) is 0. The van der Waals surface area contributed by atoms with Gasteiger partial charge in [-0.25, -0.2) is 0 Å². The van der Waals surface area contributed by atoms with Gasteiger partial charge in [0.25, 0.3) is 0 Å². The summed E-state index contributed by atoms with van der Waals surface area (Å²) in [6.45, 7) is 1.54. The van der Waals surface area contributed by atoms with Crippen molar-refractivity contribution < 1.29 is 28.8 Å². The Morgan fingerprint density at radius 3 is 2.27 bits per heavy atom. The lowest BCUT2D eigenvalue weighted by atomic mass is 9.85. The van der Waals surface area contributed by atoms with Crippen molar-refractivity contribution in [1.29, 1.82) is 0 Å². The van der Waals surface area contributed by atoms with Gasteiger partial charge in [-0.15, -0.1) is 0 Å². The first-order valence-electron chi connectivity index (χ1n) is 8.74. The fraction of sp³-hybridized carbons (Fsp3) is 0.400. The van der Waals surface area contributed by atoms with E-state index in [1.54, 1.807) is 13.2 Å². The Morgan fingerprint density at radius 2 is 1.54 bits per heavy atom. The second-order valence-corrected chi connectivity index (χ2v) is 6.88. The van der Waals surface area contributed by atoms with E-state index in [1.807, 2.05) is 30.3 Å². The highest BCUT2D eigenvalue weighted by Crippen LogP contribution is 2.51. The molecule has 5 rings (SSSR count).